The standard InChI is InChI=1S/C23H20N2O5/c1-13-5-7-15(8-6-13)22(27)21-19(14-9-11-16(12-10-14)25(28)29)20-17(26)3-2-4-18(20)30-23(21)24/h5-12,19H,2-4,24H2,1H3. The lowest BCUT2D eigenvalue weighted by Gasteiger charge is -2.32. The second-order valence-corrected chi connectivity index (χ2v) is 7.47. The average Bonchev–Trinajstić information content (AvgIpc) is 2.73. The lowest BCUT2D eigenvalue weighted by molar-refractivity contribution is -0.384. The Hall–Kier alpha value is -3.74. The van der Waals surface area contributed by atoms with Crippen LogP contribution in [0.15, 0.2) is 71.3 Å². The van der Waals surface area contributed by atoms with Gasteiger partial charge in [0.1, 0.15) is 5.76 Å². The average molecular weight is 404 g/mol. The highest BCUT2D eigenvalue weighted by Gasteiger charge is 2.40. The Balaban J connectivity index is 1.86. The summed E-state index contributed by atoms with van der Waals surface area (Å²) in [7, 11) is 0. The van der Waals surface area contributed by atoms with E-state index in [0.29, 0.717) is 41.7 Å². The number of nitro benzene ring substituents is 1. The summed E-state index contributed by atoms with van der Waals surface area (Å²) >= 11 is 0. The van der Waals surface area contributed by atoms with Crippen LogP contribution in [0.4, 0.5) is 5.69 Å². The van der Waals surface area contributed by atoms with Gasteiger partial charge < -0.3 is 10.5 Å². The van der Waals surface area contributed by atoms with Gasteiger partial charge in [-0.3, -0.25) is 19.7 Å². The quantitative estimate of drug-likeness (QED) is 0.467. The van der Waals surface area contributed by atoms with Crippen LogP contribution in [0, 0.1) is 17.0 Å². The third kappa shape index (κ3) is 3.39. The zero-order valence-corrected chi connectivity index (χ0v) is 16.4. The van der Waals surface area contributed by atoms with Crippen LogP contribution in [-0.2, 0) is 9.53 Å². The second-order valence-electron chi connectivity index (χ2n) is 7.47. The summed E-state index contributed by atoms with van der Waals surface area (Å²) in [5.74, 6) is -0.705. The van der Waals surface area contributed by atoms with Crippen molar-refractivity contribution in [3.63, 3.8) is 0 Å². The summed E-state index contributed by atoms with van der Waals surface area (Å²) < 4.78 is 5.74. The van der Waals surface area contributed by atoms with Crippen molar-refractivity contribution in [1.82, 2.24) is 0 Å². The lowest BCUT2D eigenvalue weighted by atomic mass is 9.75. The Bertz CT molecular complexity index is 1110. The van der Waals surface area contributed by atoms with E-state index in [1.54, 1.807) is 24.3 Å². The number of Topliss-reactive ketones (excluding diaryl/α,β-unsaturated/α-hetero) is 2. The molecule has 152 valence electrons. The predicted octanol–water partition coefficient (Wildman–Crippen LogP) is 4.08. The molecule has 0 saturated carbocycles. The van der Waals surface area contributed by atoms with Crippen LogP contribution >= 0.6 is 0 Å². The van der Waals surface area contributed by atoms with Gasteiger partial charge in [-0.25, -0.2) is 0 Å². The van der Waals surface area contributed by atoms with Crippen molar-refractivity contribution in [2.45, 2.75) is 32.1 Å². The largest absolute Gasteiger partial charge is 0.445 e. The van der Waals surface area contributed by atoms with Gasteiger partial charge in [0.05, 0.1) is 16.4 Å². The molecule has 1 heterocycles. The number of hydrogen-bond donors (Lipinski definition) is 1. The topological polar surface area (TPSA) is 113 Å². The smallest absolute Gasteiger partial charge is 0.269 e. The Morgan fingerprint density at radius 2 is 1.77 bits per heavy atom. The van der Waals surface area contributed by atoms with E-state index in [2.05, 4.69) is 0 Å². The molecule has 2 aromatic carbocycles. The van der Waals surface area contributed by atoms with Crippen molar-refractivity contribution < 1.29 is 19.2 Å². The van der Waals surface area contributed by atoms with Gasteiger partial charge in [-0.1, -0.05) is 42.0 Å². The van der Waals surface area contributed by atoms with Crippen molar-refractivity contribution in [2.24, 2.45) is 5.73 Å². The number of allylic oxidation sites excluding steroid dienone is 3. The molecule has 0 saturated heterocycles. The van der Waals surface area contributed by atoms with Crippen LogP contribution in [0.5, 0.6) is 0 Å². The molecule has 1 atom stereocenters. The SMILES string of the molecule is Cc1ccc(C(=O)C2=C(N)OC3=C(C(=O)CCC3)C2c2ccc([N+](=O)[O-])cc2)cc1. The number of aryl methyl sites for hydroxylation is 1. The molecule has 0 fully saturated rings. The van der Waals surface area contributed by atoms with Gasteiger partial charge in [0.25, 0.3) is 5.69 Å². The summed E-state index contributed by atoms with van der Waals surface area (Å²) in [6.45, 7) is 1.92. The number of nitrogens with zero attached hydrogens (tertiary/aromatic N) is 1. The highest BCUT2D eigenvalue weighted by atomic mass is 16.6. The fraction of sp³-hybridized carbons (Fsp3) is 0.217. The number of carbonyl (C=O) groups excluding carboxylic acids is 2. The van der Waals surface area contributed by atoms with Crippen LogP contribution in [-0.4, -0.2) is 16.5 Å². The minimum atomic E-state index is -0.726. The molecule has 2 N–H and O–H groups in total. The first-order valence-corrected chi connectivity index (χ1v) is 9.66. The first-order valence-electron chi connectivity index (χ1n) is 9.66. The number of non-ortho nitro benzene ring substituents is 1. The van der Waals surface area contributed by atoms with Gasteiger partial charge in [0.15, 0.2) is 17.4 Å². The van der Waals surface area contributed by atoms with Gasteiger partial charge in [-0.15, -0.1) is 0 Å². The molecule has 7 nitrogen and oxygen atoms in total. The number of nitro groups is 1. The van der Waals surface area contributed by atoms with Crippen molar-refractivity contribution in [3.05, 3.63) is 98.1 Å². The summed E-state index contributed by atoms with van der Waals surface area (Å²) in [5, 5.41) is 11.0. The molecule has 1 aliphatic heterocycles. The van der Waals surface area contributed by atoms with Crippen LogP contribution in [0.25, 0.3) is 0 Å². The van der Waals surface area contributed by atoms with Crippen molar-refractivity contribution in [3.8, 4) is 0 Å². The van der Waals surface area contributed by atoms with E-state index in [0.717, 1.165) is 5.56 Å². The second kappa shape index (κ2) is 7.59. The van der Waals surface area contributed by atoms with Crippen LogP contribution in [0.1, 0.15) is 46.7 Å². The third-order valence-corrected chi connectivity index (χ3v) is 5.48. The van der Waals surface area contributed by atoms with Crippen molar-refractivity contribution in [2.75, 3.05) is 0 Å². The minimum Gasteiger partial charge on any atom is -0.445 e. The molecule has 0 radical (unpaired) electrons. The van der Waals surface area contributed by atoms with Gasteiger partial charge in [0.2, 0.25) is 0 Å². The summed E-state index contributed by atoms with van der Waals surface area (Å²) in [6, 6.07) is 12.9. The molecule has 0 aromatic heterocycles. The number of carbonyl (C=O) groups is 2. The van der Waals surface area contributed by atoms with Gasteiger partial charge in [0, 0.05) is 36.1 Å². The molecule has 0 amide bonds. The lowest BCUT2D eigenvalue weighted by Crippen LogP contribution is -2.30. The summed E-state index contributed by atoms with van der Waals surface area (Å²) in [5.41, 5.74) is 8.74. The van der Waals surface area contributed by atoms with Gasteiger partial charge in [-0.2, -0.15) is 0 Å². The molecule has 0 spiro atoms. The van der Waals surface area contributed by atoms with Crippen molar-refractivity contribution in [1.29, 1.82) is 0 Å². The fourth-order valence-corrected chi connectivity index (χ4v) is 3.96. The first-order chi connectivity index (χ1) is 14.4. The van der Waals surface area contributed by atoms with Crippen LogP contribution in [0.3, 0.4) is 0 Å². The molecule has 4 rings (SSSR count). The maximum Gasteiger partial charge on any atom is 0.269 e. The number of nitrogens with two attached hydrogens (primary N) is 1. The van der Waals surface area contributed by atoms with E-state index >= 15 is 0 Å². The van der Waals surface area contributed by atoms with E-state index in [-0.39, 0.29) is 28.7 Å². The summed E-state index contributed by atoms with van der Waals surface area (Å²) in [4.78, 5) is 36.8. The highest BCUT2D eigenvalue weighted by Crippen LogP contribution is 2.44. The first kappa shape index (κ1) is 19.6. The molecule has 2 aliphatic rings. The Morgan fingerprint density at radius 3 is 2.40 bits per heavy atom. The third-order valence-electron chi connectivity index (χ3n) is 5.48. The number of hydrogen-bond acceptors (Lipinski definition) is 6. The molecule has 30 heavy (non-hydrogen) atoms. The molecule has 1 aliphatic carbocycles. The Morgan fingerprint density at radius 1 is 1.10 bits per heavy atom. The van der Waals surface area contributed by atoms with E-state index in [4.69, 9.17) is 10.5 Å². The van der Waals surface area contributed by atoms with Crippen molar-refractivity contribution >= 4 is 17.3 Å². The monoisotopic (exact) mass is 404 g/mol. The minimum absolute atomic E-state index is 0.0302. The molecule has 1 unspecified atom stereocenters. The van der Waals surface area contributed by atoms with E-state index in [1.807, 2.05) is 19.1 Å². The van der Waals surface area contributed by atoms with E-state index in [1.165, 1.54) is 12.1 Å². The zero-order chi connectivity index (χ0) is 21.4. The molecule has 0 bridgehead atoms. The number of benzene rings is 2. The Labute approximate surface area is 173 Å². The molecule has 2 aromatic rings. The Kier molecular flexibility index (Phi) is 4.95. The predicted molar refractivity (Wildman–Crippen MR) is 110 cm³/mol. The van der Waals surface area contributed by atoms with Crippen LogP contribution in [0.2, 0.25) is 0 Å². The number of ketones is 2. The normalized spacial score (nSPS) is 18.7. The van der Waals surface area contributed by atoms with E-state index < -0.39 is 10.8 Å². The summed E-state index contributed by atoms with van der Waals surface area (Å²) in [6.07, 6.45) is 1.56. The van der Waals surface area contributed by atoms with Crippen LogP contribution < -0.4 is 5.73 Å². The molecular weight excluding hydrogens is 384 g/mol. The maximum atomic E-state index is 13.4. The highest BCUT2D eigenvalue weighted by molar-refractivity contribution is 6.12. The number of rotatable bonds is 4. The van der Waals surface area contributed by atoms with Gasteiger partial charge in [-0.05, 0) is 18.9 Å². The number of ether oxygens (including phenoxy) is 1. The van der Waals surface area contributed by atoms with E-state index in [9.17, 15) is 19.7 Å². The maximum absolute atomic E-state index is 13.4. The fourth-order valence-electron chi connectivity index (χ4n) is 3.96. The van der Waals surface area contributed by atoms with Gasteiger partial charge >= 0.3 is 0 Å². The molecular formula is C23H20N2O5. The zero-order valence-electron chi connectivity index (χ0n) is 16.4. The molecule has 7 heteroatoms.